The standard InChI is InChI=1S/C24H42O4S/c1-4-6-7-8-9-10-11-12-13-14-16-22-19-21(3)24(23(5-2)20-22)28-17-15-18-29(25,26)27/h19-20H,4-18H2,1-3H3,(H,25,26,27). The molecular formula is C24H42O4S. The van der Waals surface area contributed by atoms with Crippen molar-refractivity contribution in [1.82, 2.24) is 0 Å². The van der Waals surface area contributed by atoms with E-state index in [4.69, 9.17) is 9.29 Å². The number of hydrogen-bond donors (Lipinski definition) is 1. The van der Waals surface area contributed by atoms with Crippen molar-refractivity contribution in [2.24, 2.45) is 0 Å². The van der Waals surface area contributed by atoms with Crippen LogP contribution in [0.2, 0.25) is 0 Å². The van der Waals surface area contributed by atoms with Gasteiger partial charge in [-0.2, -0.15) is 8.42 Å². The lowest BCUT2D eigenvalue weighted by molar-refractivity contribution is 0.311. The summed E-state index contributed by atoms with van der Waals surface area (Å²) >= 11 is 0. The highest BCUT2D eigenvalue weighted by atomic mass is 32.2. The van der Waals surface area contributed by atoms with Crippen molar-refractivity contribution in [2.45, 2.75) is 104 Å². The number of unbranched alkanes of at least 4 members (excludes halogenated alkanes) is 9. The predicted octanol–water partition coefficient (Wildman–Crippen LogP) is 6.68. The molecule has 0 saturated heterocycles. The van der Waals surface area contributed by atoms with Crippen molar-refractivity contribution in [3.63, 3.8) is 0 Å². The Bertz CT molecular complexity index is 668. The van der Waals surface area contributed by atoms with Crippen LogP contribution in [-0.4, -0.2) is 25.3 Å². The molecule has 0 aromatic heterocycles. The van der Waals surface area contributed by atoms with Gasteiger partial charge in [0.15, 0.2) is 0 Å². The Morgan fingerprint density at radius 3 is 2.00 bits per heavy atom. The van der Waals surface area contributed by atoms with Gasteiger partial charge < -0.3 is 4.74 Å². The summed E-state index contributed by atoms with van der Waals surface area (Å²) in [6.45, 7) is 6.73. The minimum atomic E-state index is -3.92. The summed E-state index contributed by atoms with van der Waals surface area (Å²) in [5.41, 5.74) is 3.65. The molecule has 0 bridgehead atoms. The molecule has 0 unspecified atom stereocenters. The first-order valence-electron chi connectivity index (χ1n) is 11.6. The van der Waals surface area contributed by atoms with E-state index < -0.39 is 10.1 Å². The molecule has 5 heteroatoms. The Labute approximate surface area is 179 Å². The van der Waals surface area contributed by atoms with Crippen LogP contribution in [0.15, 0.2) is 12.1 Å². The summed E-state index contributed by atoms with van der Waals surface area (Å²) in [6.07, 6.45) is 15.8. The second-order valence-corrected chi connectivity index (χ2v) is 9.75. The van der Waals surface area contributed by atoms with Gasteiger partial charge in [0, 0.05) is 0 Å². The molecule has 0 aliphatic heterocycles. The quantitative estimate of drug-likeness (QED) is 0.223. The molecule has 0 radical (unpaired) electrons. The summed E-state index contributed by atoms with van der Waals surface area (Å²) in [7, 11) is -3.92. The van der Waals surface area contributed by atoms with Gasteiger partial charge in [0.25, 0.3) is 10.1 Å². The number of aryl methyl sites for hydroxylation is 3. The molecule has 1 rings (SSSR count). The van der Waals surface area contributed by atoms with E-state index in [0.717, 1.165) is 24.2 Å². The molecule has 0 fully saturated rings. The van der Waals surface area contributed by atoms with Crippen LogP contribution >= 0.6 is 0 Å². The number of rotatable bonds is 17. The Hall–Kier alpha value is -1.07. The van der Waals surface area contributed by atoms with Gasteiger partial charge >= 0.3 is 0 Å². The normalized spacial score (nSPS) is 11.7. The highest BCUT2D eigenvalue weighted by Crippen LogP contribution is 2.27. The van der Waals surface area contributed by atoms with Gasteiger partial charge in [-0.05, 0) is 49.3 Å². The smallest absolute Gasteiger partial charge is 0.264 e. The minimum absolute atomic E-state index is 0.260. The van der Waals surface area contributed by atoms with E-state index >= 15 is 0 Å². The van der Waals surface area contributed by atoms with E-state index in [1.807, 2.05) is 0 Å². The maximum atomic E-state index is 10.8. The van der Waals surface area contributed by atoms with Crippen LogP contribution in [0.3, 0.4) is 0 Å². The topological polar surface area (TPSA) is 63.6 Å². The summed E-state index contributed by atoms with van der Waals surface area (Å²) in [4.78, 5) is 0. The fourth-order valence-corrected chi connectivity index (χ4v) is 4.26. The third-order valence-corrected chi connectivity index (χ3v) is 6.21. The van der Waals surface area contributed by atoms with Crippen molar-refractivity contribution < 1.29 is 17.7 Å². The Kier molecular flexibility index (Phi) is 13.3. The second-order valence-electron chi connectivity index (χ2n) is 8.17. The molecule has 0 saturated carbocycles. The Balaban J connectivity index is 2.33. The summed E-state index contributed by atoms with van der Waals surface area (Å²) in [6, 6.07) is 4.43. The van der Waals surface area contributed by atoms with Gasteiger partial charge in [-0.3, -0.25) is 4.55 Å². The number of benzene rings is 1. The first-order valence-corrected chi connectivity index (χ1v) is 13.2. The van der Waals surface area contributed by atoms with Crippen molar-refractivity contribution in [3.8, 4) is 5.75 Å². The molecule has 1 N–H and O–H groups in total. The third-order valence-electron chi connectivity index (χ3n) is 5.40. The molecule has 0 amide bonds. The van der Waals surface area contributed by atoms with Crippen LogP contribution < -0.4 is 4.74 Å². The molecule has 4 nitrogen and oxygen atoms in total. The molecular weight excluding hydrogens is 384 g/mol. The average molecular weight is 427 g/mol. The van der Waals surface area contributed by atoms with E-state index in [1.54, 1.807) is 0 Å². The minimum Gasteiger partial charge on any atom is -0.493 e. The SMILES string of the molecule is CCCCCCCCCCCCc1cc(C)c(OCCCS(=O)(=O)O)c(CC)c1. The molecule has 29 heavy (non-hydrogen) atoms. The van der Waals surface area contributed by atoms with Crippen LogP contribution in [0.4, 0.5) is 0 Å². The van der Waals surface area contributed by atoms with Crippen molar-refractivity contribution in [2.75, 3.05) is 12.4 Å². The summed E-state index contributed by atoms with van der Waals surface area (Å²) in [5.74, 6) is 0.610. The van der Waals surface area contributed by atoms with E-state index in [1.165, 1.54) is 75.3 Å². The summed E-state index contributed by atoms with van der Waals surface area (Å²) < 4.78 is 36.3. The lowest BCUT2D eigenvalue weighted by atomic mass is 9.98. The highest BCUT2D eigenvalue weighted by Gasteiger charge is 2.10. The van der Waals surface area contributed by atoms with Gasteiger partial charge in [0.05, 0.1) is 12.4 Å². The Morgan fingerprint density at radius 2 is 1.45 bits per heavy atom. The van der Waals surface area contributed by atoms with Gasteiger partial charge in [-0.25, -0.2) is 0 Å². The molecule has 1 aromatic carbocycles. The van der Waals surface area contributed by atoms with Gasteiger partial charge in [-0.1, -0.05) is 83.8 Å². The molecule has 0 heterocycles. The first kappa shape index (κ1) is 26.0. The maximum absolute atomic E-state index is 10.8. The van der Waals surface area contributed by atoms with Crippen LogP contribution in [0.25, 0.3) is 0 Å². The highest BCUT2D eigenvalue weighted by molar-refractivity contribution is 7.85. The lowest BCUT2D eigenvalue weighted by Gasteiger charge is -2.15. The molecule has 168 valence electrons. The van der Waals surface area contributed by atoms with Gasteiger partial charge in [0.1, 0.15) is 5.75 Å². The maximum Gasteiger partial charge on any atom is 0.264 e. The molecule has 0 aliphatic rings. The van der Waals surface area contributed by atoms with Crippen LogP contribution in [0.5, 0.6) is 5.75 Å². The molecule has 0 spiro atoms. The third kappa shape index (κ3) is 12.3. The van der Waals surface area contributed by atoms with E-state index in [2.05, 4.69) is 32.9 Å². The fourth-order valence-electron chi connectivity index (χ4n) is 3.77. The zero-order valence-corrected chi connectivity index (χ0v) is 19.7. The van der Waals surface area contributed by atoms with E-state index in [9.17, 15) is 8.42 Å². The zero-order chi connectivity index (χ0) is 21.5. The molecule has 0 aliphatic carbocycles. The predicted molar refractivity (Wildman–Crippen MR) is 123 cm³/mol. The van der Waals surface area contributed by atoms with Crippen LogP contribution in [0.1, 0.15) is 101 Å². The zero-order valence-electron chi connectivity index (χ0n) is 18.8. The van der Waals surface area contributed by atoms with Crippen molar-refractivity contribution >= 4 is 10.1 Å². The van der Waals surface area contributed by atoms with Crippen LogP contribution in [0, 0.1) is 6.92 Å². The summed E-state index contributed by atoms with van der Waals surface area (Å²) in [5, 5.41) is 0. The first-order chi connectivity index (χ1) is 13.9. The van der Waals surface area contributed by atoms with E-state index in [0.29, 0.717) is 13.0 Å². The van der Waals surface area contributed by atoms with E-state index in [-0.39, 0.29) is 5.75 Å². The lowest BCUT2D eigenvalue weighted by Crippen LogP contribution is -2.10. The molecule has 1 aromatic rings. The average Bonchev–Trinajstić information content (AvgIpc) is 2.66. The van der Waals surface area contributed by atoms with Crippen molar-refractivity contribution in [3.05, 3.63) is 28.8 Å². The number of ether oxygens (including phenoxy) is 1. The monoisotopic (exact) mass is 426 g/mol. The second kappa shape index (κ2) is 14.8. The van der Waals surface area contributed by atoms with Gasteiger partial charge in [0.2, 0.25) is 0 Å². The van der Waals surface area contributed by atoms with Gasteiger partial charge in [-0.15, -0.1) is 0 Å². The van der Waals surface area contributed by atoms with Crippen molar-refractivity contribution in [1.29, 1.82) is 0 Å². The van der Waals surface area contributed by atoms with Crippen LogP contribution in [-0.2, 0) is 23.0 Å². The largest absolute Gasteiger partial charge is 0.493 e. The molecule has 0 atom stereocenters. The number of hydrogen-bond acceptors (Lipinski definition) is 3. The Morgan fingerprint density at radius 1 is 0.862 bits per heavy atom. The fraction of sp³-hybridized carbons (Fsp3) is 0.750.